The van der Waals surface area contributed by atoms with Gasteiger partial charge in [-0.05, 0) is 17.0 Å². The number of carbonyl (C=O) groups excluding carboxylic acids is 1. The summed E-state index contributed by atoms with van der Waals surface area (Å²) in [6, 6.07) is 14.3. The Bertz CT molecular complexity index is 802. The maximum atomic E-state index is 13.0. The first kappa shape index (κ1) is 19.5. The molecule has 0 radical (unpaired) electrons. The van der Waals surface area contributed by atoms with E-state index in [-0.39, 0.29) is 11.9 Å². The summed E-state index contributed by atoms with van der Waals surface area (Å²) in [6.45, 7) is 4.34. The van der Waals surface area contributed by atoms with Crippen molar-refractivity contribution in [2.24, 2.45) is 0 Å². The zero-order chi connectivity index (χ0) is 19.2. The molecule has 4 rings (SSSR count). The van der Waals surface area contributed by atoms with Gasteiger partial charge in [0.15, 0.2) is 5.76 Å². The molecular formula is C21H24N2O3S2. The van der Waals surface area contributed by atoms with E-state index in [1.165, 1.54) is 4.88 Å². The van der Waals surface area contributed by atoms with E-state index in [1.807, 2.05) is 30.3 Å². The van der Waals surface area contributed by atoms with E-state index in [0.29, 0.717) is 18.9 Å². The highest BCUT2D eigenvalue weighted by Crippen LogP contribution is 2.34. The molecule has 148 valence electrons. The van der Waals surface area contributed by atoms with Crippen molar-refractivity contribution in [2.75, 3.05) is 45.2 Å². The lowest BCUT2D eigenvalue weighted by Gasteiger charge is -2.34. The van der Waals surface area contributed by atoms with Gasteiger partial charge in [0, 0.05) is 30.3 Å². The summed E-state index contributed by atoms with van der Waals surface area (Å²) >= 11 is 3.41. The van der Waals surface area contributed by atoms with Gasteiger partial charge in [0.05, 0.1) is 30.8 Å². The summed E-state index contributed by atoms with van der Waals surface area (Å²) in [5.74, 6) is 1.15. The molecule has 0 bridgehead atoms. The fourth-order valence-electron chi connectivity index (χ4n) is 3.44. The van der Waals surface area contributed by atoms with Crippen LogP contribution in [-0.4, -0.2) is 56.0 Å². The molecule has 0 saturated carbocycles. The normalized spacial score (nSPS) is 19.1. The number of benzene rings is 1. The minimum Gasteiger partial charge on any atom is -0.486 e. The topological polar surface area (TPSA) is 50.8 Å². The van der Waals surface area contributed by atoms with E-state index in [2.05, 4.69) is 27.7 Å². The molecule has 0 aliphatic carbocycles. The number of nitrogens with zero attached hydrogens (tertiary/aromatic N) is 1. The van der Waals surface area contributed by atoms with Gasteiger partial charge in [0.25, 0.3) is 5.91 Å². The summed E-state index contributed by atoms with van der Waals surface area (Å²) in [7, 11) is 0. The van der Waals surface area contributed by atoms with Crippen molar-refractivity contribution in [3.8, 4) is 0 Å². The van der Waals surface area contributed by atoms with E-state index in [1.54, 1.807) is 23.1 Å². The summed E-state index contributed by atoms with van der Waals surface area (Å²) in [5, 5.41) is 5.21. The highest BCUT2D eigenvalue weighted by atomic mass is 32.2. The number of ether oxygens (including phenoxy) is 2. The van der Waals surface area contributed by atoms with E-state index in [9.17, 15) is 4.79 Å². The molecule has 2 aliphatic heterocycles. The summed E-state index contributed by atoms with van der Waals surface area (Å²) in [5.41, 5.74) is 1.03. The number of hydrogen-bond donors (Lipinski definition) is 1. The third-order valence-electron chi connectivity index (χ3n) is 4.84. The highest BCUT2D eigenvalue weighted by Gasteiger charge is 2.27. The van der Waals surface area contributed by atoms with Gasteiger partial charge in [0.2, 0.25) is 0 Å². The van der Waals surface area contributed by atoms with Gasteiger partial charge in [-0.25, -0.2) is 0 Å². The van der Waals surface area contributed by atoms with Gasteiger partial charge in [-0.2, -0.15) is 0 Å². The fourth-order valence-corrected chi connectivity index (χ4v) is 5.26. The van der Waals surface area contributed by atoms with Crippen LogP contribution in [0.25, 0.3) is 4.91 Å². The van der Waals surface area contributed by atoms with Gasteiger partial charge < -0.3 is 14.8 Å². The maximum absolute atomic E-state index is 13.0. The lowest BCUT2D eigenvalue weighted by Crippen LogP contribution is -2.44. The zero-order valence-electron chi connectivity index (χ0n) is 15.6. The molecule has 28 heavy (non-hydrogen) atoms. The molecule has 2 aromatic rings. The molecule has 1 N–H and O–H groups in total. The molecule has 1 fully saturated rings. The number of nitrogens with one attached hydrogen (secondary N) is 1. The van der Waals surface area contributed by atoms with E-state index in [4.69, 9.17) is 9.47 Å². The number of thioether (sulfide) groups is 1. The first-order valence-electron chi connectivity index (χ1n) is 9.51. The Balaban J connectivity index is 1.50. The van der Waals surface area contributed by atoms with Crippen LogP contribution >= 0.6 is 23.1 Å². The average Bonchev–Trinajstić information content (AvgIpc) is 3.30. The Morgan fingerprint density at radius 1 is 1.11 bits per heavy atom. The maximum Gasteiger partial charge on any atom is 0.287 e. The zero-order valence-corrected chi connectivity index (χ0v) is 17.3. The van der Waals surface area contributed by atoms with E-state index >= 15 is 0 Å². The Morgan fingerprint density at radius 2 is 1.93 bits per heavy atom. The van der Waals surface area contributed by atoms with Crippen molar-refractivity contribution in [1.29, 1.82) is 0 Å². The number of carbonyl (C=O) groups is 1. The molecule has 7 heteroatoms. The summed E-state index contributed by atoms with van der Waals surface area (Å²) < 4.78 is 11.3. The first-order chi connectivity index (χ1) is 13.8. The second kappa shape index (κ2) is 9.60. The third kappa shape index (κ3) is 4.60. The molecule has 1 amide bonds. The predicted octanol–water partition coefficient (Wildman–Crippen LogP) is 3.37. The Labute approximate surface area is 173 Å². The number of thiophene rings is 1. The van der Waals surface area contributed by atoms with Crippen LogP contribution < -0.4 is 5.32 Å². The average molecular weight is 417 g/mol. The molecule has 1 saturated heterocycles. The molecule has 0 unspecified atom stereocenters. The van der Waals surface area contributed by atoms with Crippen LogP contribution in [0.3, 0.4) is 0 Å². The lowest BCUT2D eigenvalue weighted by molar-refractivity contribution is -0.121. The second-order valence-corrected chi connectivity index (χ2v) is 8.70. The minimum atomic E-state index is -0.138. The Morgan fingerprint density at radius 3 is 2.68 bits per heavy atom. The van der Waals surface area contributed by atoms with Crippen LogP contribution in [0.5, 0.6) is 0 Å². The van der Waals surface area contributed by atoms with Crippen LogP contribution in [0.4, 0.5) is 0 Å². The van der Waals surface area contributed by atoms with Gasteiger partial charge in [0.1, 0.15) is 0 Å². The predicted molar refractivity (Wildman–Crippen MR) is 114 cm³/mol. The quantitative estimate of drug-likeness (QED) is 0.783. The van der Waals surface area contributed by atoms with Crippen molar-refractivity contribution < 1.29 is 14.3 Å². The van der Waals surface area contributed by atoms with Gasteiger partial charge in [-0.15, -0.1) is 23.1 Å². The molecule has 1 aromatic carbocycles. The molecule has 3 heterocycles. The van der Waals surface area contributed by atoms with Crippen LogP contribution in [0.2, 0.25) is 0 Å². The smallest absolute Gasteiger partial charge is 0.287 e. The molecule has 2 aliphatic rings. The monoisotopic (exact) mass is 416 g/mol. The molecule has 5 nitrogen and oxygen atoms in total. The standard InChI is InChI=1S/C21H24N2O3S2/c24-21(19-20(28-14-12-26-19)16-5-2-1-3-6-16)22-15-17(18-7-4-13-27-18)23-8-10-25-11-9-23/h1-7,13,17H,8-12,14-15H2,(H,22,24)/t17-/m0/s1. The number of morpholine rings is 1. The summed E-state index contributed by atoms with van der Waals surface area (Å²) in [4.78, 5) is 17.6. The SMILES string of the molecule is O=C(NC[C@@H](c1cccs1)N1CCOCC1)C1=C(c2ccccc2)SCCO1. The Hall–Kier alpha value is -1.80. The minimum absolute atomic E-state index is 0.138. The number of hydrogen-bond acceptors (Lipinski definition) is 6. The number of rotatable bonds is 6. The van der Waals surface area contributed by atoms with Crippen LogP contribution in [0.1, 0.15) is 16.5 Å². The first-order valence-corrected chi connectivity index (χ1v) is 11.4. The molecular weight excluding hydrogens is 392 g/mol. The Kier molecular flexibility index (Phi) is 6.69. The van der Waals surface area contributed by atoms with Gasteiger partial charge >= 0.3 is 0 Å². The molecule has 1 atom stereocenters. The second-order valence-electron chi connectivity index (χ2n) is 6.61. The lowest BCUT2D eigenvalue weighted by atomic mass is 10.1. The largest absolute Gasteiger partial charge is 0.486 e. The third-order valence-corrected chi connectivity index (χ3v) is 6.89. The fraction of sp³-hybridized carbons (Fsp3) is 0.381. The van der Waals surface area contributed by atoms with Crippen LogP contribution in [0.15, 0.2) is 53.6 Å². The van der Waals surface area contributed by atoms with E-state index in [0.717, 1.165) is 42.5 Å². The van der Waals surface area contributed by atoms with Crippen molar-refractivity contribution in [1.82, 2.24) is 10.2 Å². The van der Waals surface area contributed by atoms with E-state index < -0.39 is 0 Å². The van der Waals surface area contributed by atoms with Gasteiger partial charge in [-0.3, -0.25) is 9.69 Å². The summed E-state index contributed by atoms with van der Waals surface area (Å²) in [6.07, 6.45) is 0. The van der Waals surface area contributed by atoms with Crippen LogP contribution in [0, 0.1) is 0 Å². The van der Waals surface area contributed by atoms with Crippen molar-refractivity contribution in [3.63, 3.8) is 0 Å². The highest BCUT2D eigenvalue weighted by molar-refractivity contribution is 8.08. The molecule has 1 aromatic heterocycles. The van der Waals surface area contributed by atoms with Crippen molar-refractivity contribution in [2.45, 2.75) is 6.04 Å². The van der Waals surface area contributed by atoms with Crippen LogP contribution in [-0.2, 0) is 14.3 Å². The van der Waals surface area contributed by atoms with Crippen molar-refractivity contribution in [3.05, 3.63) is 64.0 Å². The molecule has 0 spiro atoms. The number of amides is 1. The van der Waals surface area contributed by atoms with Crippen molar-refractivity contribution >= 4 is 33.9 Å². The van der Waals surface area contributed by atoms with Gasteiger partial charge in [-0.1, -0.05) is 36.4 Å².